The molecule has 32 heavy (non-hydrogen) atoms. The quantitative estimate of drug-likeness (QED) is 0.435. The lowest BCUT2D eigenvalue weighted by Crippen LogP contribution is -2.54. The molecule has 0 aromatic carbocycles. The molecule has 0 bridgehead atoms. The molecular formula is C31H55N. The average molecular weight is 442 g/mol. The number of nitrogens with two attached hydrogens (primary N) is 1. The Morgan fingerprint density at radius 2 is 1.50 bits per heavy atom. The largest absolute Gasteiger partial charge is 0.327 e. The molecule has 4 aliphatic rings. The fraction of sp³-hybridized carbons (Fsp3) is 0.806. The molecule has 1 heteroatoms. The molecule has 0 aliphatic heterocycles. The highest BCUT2D eigenvalue weighted by Gasteiger charge is 2.60. The third-order valence-corrected chi connectivity index (χ3v) is 10.6. The molecule has 4 aliphatic carbocycles. The van der Waals surface area contributed by atoms with Crippen LogP contribution >= 0.6 is 0 Å². The first kappa shape index (κ1) is 27.4. The van der Waals surface area contributed by atoms with Gasteiger partial charge in [-0.1, -0.05) is 45.9 Å². The zero-order valence-corrected chi connectivity index (χ0v) is 22.5. The summed E-state index contributed by atoms with van der Waals surface area (Å²) in [6.07, 6.45) is 14.8. The first-order valence-electron chi connectivity index (χ1n) is 13.6. The SMILES string of the molecule is C=C.C=C(C)C1CCC2C3CCC4CC(C(N)C(C)C)CCC4(C)C3CCC12C.C=CC. The smallest absolute Gasteiger partial charge is 0.00904 e. The average Bonchev–Trinajstić information content (AvgIpc) is 3.12. The second-order valence-electron chi connectivity index (χ2n) is 12.4. The van der Waals surface area contributed by atoms with Crippen LogP contribution in [0.3, 0.4) is 0 Å². The minimum absolute atomic E-state index is 0.410. The summed E-state index contributed by atoms with van der Waals surface area (Å²) in [6.45, 7) is 27.9. The predicted octanol–water partition coefficient (Wildman–Crippen LogP) is 8.82. The van der Waals surface area contributed by atoms with Crippen LogP contribution in [0.4, 0.5) is 0 Å². The zero-order chi connectivity index (χ0) is 24.3. The molecule has 4 saturated carbocycles. The Hall–Kier alpha value is -0.820. The molecule has 2 N–H and O–H groups in total. The highest BCUT2D eigenvalue weighted by atomic mass is 14.7. The second-order valence-corrected chi connectivity index (χ2v) is 12.4. The number of hydrogen-bond acceptors (Lipinski definition) is 1. The minimum Gasteiger partial charge on any atom is -0.327 e. The van der Waals surface area contributed by atoms with Gasteiger partial charge < -0.3 is 5.73 Å². The van der Waals surface area contributed by atoms with E-state index in [1.54, 1.807) is 6.08 Å². The van der Waals surface area contributed by atoms with E-state index in [-0.39, 0.29) is 0 Å². The van der Waals surface area contributed by atoms with E-state index in [4.69, 9.17) is 5.73 Å². The van der Waals surface area contributed by atoms with Crippen LogP contribution in [-0.4, -0.2) is 6.04 Å². The van der Waals surface area contributed by atoms with Crippen LogP contribution in [0.2, 0.25) is 0 Å². The Morgan fingerprint density at radius 1 is 0.938 bits per heavy atom. The Bertz CT molecular complexity index is 634. The highest BCUT2D eigenvalue weighted by Crippen LogP contribution is 2.68. The van der Waals surface area contributed by atoms with Gasteiger partial charge in [0.25, 0.3) is 0 Å². The van der Waals surface area contributed by atoms with Gasteiger partial charge in [0.2, 0.25) is 0 Å². The summed E-state index contributed by atoms with van der Waals surface area (Å²) in [4.78, 5) is 0. The van der Waals surface area contributed by atoms with E-state index in [0.717, 1.165) is 35.5 Å². The van der Waals surface area contributed by atoms with Crippen molar-refractivity contribution in [2.24, 2.45) is 58.0 Å². The van der Waals surface area contributed by atoms with Crippen LogP contribution in [0.25, 0.3) is 0 Å². The molecule has 0 saturated heterocycles. The number of rotatable bonds is 3. The van der Waals surface area contributed by atoms with Crippen LogP contribution in [0.1, 0.15) is 99.3 Å². The number of hydrogen-bond donors (Lipinski definition) is 1. The Balaban J connectivity index is 0.000000671. The van der Waals surface area contributed by atoms with Crippen LogP contribution in [-0.2, 0) is 0 Å². The lowest BCUT2D eigenvalue weighted by molar-refractivity contribution is -0.118. The molecule has 9 atom stereocenters. The van der Waals surface area contributed by atoms with Crippen molar-refractivity contribution in [1.82, 2.24) is 0 Å². The van der Waals surface area contributed by atoms with E-state index in [2.05, 4.69) is 60.9 Å². The summed E-state index contributed by atoms with van der Waals surface area (Å²) in [6, 6.07) is 0.410. The molecule has 0 spiro atoms. The molecule has 1 nitrogen and oxygen atoms in total. The lowest BCUT2D eigenvalue weighted by Gasteiger charge is -2.61. The Kier molecular flexibility index (Phi) is 9.49. The molecular weight excluding hydrogens is 386 g/mol. The molecule has 9 unspecified atom stereocenters. The van der Waals surface area contributed by atoms with E-state index < -0.39 is 0 Å². The fourth-order valence-corrected chi connectivity index (χ4v) is 8.99. The molecule has 0 radical (unpaired) electrons. The van der Waals surface area contributed by atoms with Gasteiger partial charge in [0.05, 0.1) is 0 Å². The Labute approximate surface area is 201 Å². The van der Waals surface area contributed by atoms with Crippen molar-refractivity contribution in [3.8, 4) is 0 Å². The topological polar surface area (TPSA) is 26.0 Å². The number of fused-ring (bicyclic) bond motifs is 5. The van der Waals surface area contributed by atoms with Gasteiger partial charge >= 0.3 is 0 Å². The molecule has 184 valence electrons. The maximum absolute atomic E-state index is 6.61. The number of allylic oxidation sites excluding steroid dienone is 2. The van der Waals surface area contributed by atoms with Gasteiger partial charge in [-0.2, -0.15) is 0 Å². The van der Waals surface area contributed by atoms with Crippen molar-refractivity contribution < 1.29 is 0 Å². The van der Waals surface area contributed by atoms with E-state index in [1.807, 2.05) is 6.92 Å². The lowest BCUT2D eigenvalue weighted by atomic mass is 9.44. The molecule has 0 aromatic heterocycles. The molecule has 0 heterocycles. The van der Waals surface area contributed by atoms with Crippen molar-refractivity contribution in [3.05, 3.63) is 38.0 Å². The van der Waals surface area contributed by atoms with E-state index in [1.165, 1.54) is 63.4 Å². The summed E-state index contributed by atoms with van der Waals surface area (Å²) in [7, 11) is 0. The van der Waals surface area contributed by atoms with Gasteiger partial charge in [-0.05, 0) is 124 Å². The summed E-state index contributed by atoms with van der Waals surface area (Å²) in [5.74, 6) is 6.06. The van der Waals surface area contributed by atoms with E-state index in [9.17, 15) is 0 Å². The first-order chi connectivity index (χ1) is 15.1. The summed E-state index contributed by atoms with van der Waals surface area (Å²) in [5, 5.41) is 0. The van der Waals surface area contributed by atoms with Gasteiger partial charge in [0, 0.05) is 6.04 Å². The fourth-order valence-electron chi connectivity index (χ4n) is 8.99. The highest BCUT2D eigenvalue weighted by molar-refractivity contribution is 5.15. The van der Waals surface area contributed by atoms with Crippen molar-refractivity contribution in [1.29, 1.82) is 0 Å². The van der Waals surface area contributed by atoms with Crippen molar-refractivity contribution in [2.75, 3.05) is 0 Å². The summed E-state index contributed by atoms with van der Waals surface area (Å²) >= 11 is 0. The first-order valence-corrected chi connectivity index (χ1v) is 13.6. The molecule has 0 amide bonds. The molecule has 0 aromatic rings. The van der Waals surface area contributed by atoms with Gasteiger partial charge in [-0.3, -0.25) is 0 Å². The maximum Gasteiger partial charge on any atom is 0.00904 e. The van der Waals surface area contributed by atoms with E-state index in [0.29, 0.717) is 22.8 Å². The van der Waals surface area contributed by atoms with Gasteiger partial charge in [-0.25, -0.2) is 0 Å². The summed E-state index contributed by atoms with van der Waals surface area (Å²) < 4.78 is 0. The summed E-state index contributed by atoms with van der Waals surface area (Å²) in [5.41, 5.74) is 9.22. The molecule has 4 fully saturated rings. The van der Waals surface area contributed by atoms with Crippen LogP contribution in [0, 0.1) is 52.3 Å². The van der Waals surface area contributed by atoms with Crippen LogP contribution in [0.5, 0.6) is 0 Å². The van der Waals surface area contributed by atoms with Gasteiger partial charge in [0.1, 0.15) is 0 Å². The maximum atomic E-state index is 6.61. The van der Waals surface area contributed by atoms with Gasteiger partial charge in [-0.15, -0.1) is 19.7 Å². The minimum atomic E-state index is 0.410. The Morgan fingerprint density at radius 3 is 2.06 bits per heavy atom. The normalized spacial score (nSPS) is 43.2. The monoisotopic (exact) mass is 441 g/mol. The van der Waals surface area contributed by atoms with Crippen LogP contribution < -0.4 is 5.73 Å². The third kappa shape index (κ3) is 4.84. The van der Waals surface area contributed by atoms with Crippen LogP contribution in [0.15, 0.2) is 38.0 Å². The van der Waals surface area contributed by atoms with Crippen molar-refractivity contribution in [2.45, 2.75) is 105 Å². The molecule has 4 rings (SSSR count). The van der Waals surface area contributed by atoms with E-state index >= 15 is 0 Å². The zero-order valence-electron chi connectivity index (χ0n) is 22.5. The third-order valence-electron chi connectivity index (χ3n) is 10.6. The predicted molar refractivity (Wildman–Crippen MR) is 143 cm³/mol. The standard InChI is InChI=1S/C26H45N.C3H6.C2H4/c1-16(2)21-9-10-22-20-8-7-19-15-18(24(27)17(3)4)11-13-25(19,5)23(20)12-14-26(21,22)6;1-3-2;1-2/h17-24H,1,7-15,27H2,2-6H3;3H,1H2,2H3;1-2H2. The van der Waals surface area contributed by atoms with Crippen molar-refractivity contribution in [3.63, 3.8) is 0 Å². The van der Waals surface area contributed by atoms with Gasteiger partial charge in [0.15, 0.2) is 0 Å². The van der Waals surface area contributed by atoms with Crippen molar-refractivity contribution >= 4 is 0 Å². The second kappa shape index (κ2) is 11.1.